The highest BCUT2D eigenvalue weighted by molar-refractivity contribution is 6.00. The summed E-state index contributed by atoms with van der Waals surface area (Å²) in [4.78, 5) is 27.6. The molecule has 0 radical (unpaired) electrons. The Bertz CT molecular complexity index is 920. The van der Waals surface area contributed by atoms with E-state index in [2.05, 4.69) is 30.5 Å². The van der Waals surface area contributed by atoms with Gasteiger partial charge >= 0.3 is 0 Å². The number of nitrogens with zero attached hydrogens (tertiary/aromatic N) is 1. The SMILES string of the molecule is Cc1cccc(Nc2ccccc2C(=O)N2CCCC(C(=O)NC3CC3)C2)c1C. The van der Waals surface area contributed by atoms with Crippen LogP contribution in [0.15, 0.2) is 42.5 Å². The van der Waals surface area contributed by atoms with Crippen molar-refractivity contribution in [3.05, 3.63) is 59.2 Å². The third kappa shape index (κ3) is 4.44. The number of rotatable bonds is 5. The summed E-state index contributed by atoms with van der Waals surface area (Å²) in [6.07, 6.45) is 3.88. The molecule has 1 saturated heterocycles. The van der Waals surface area contributed by atoms with Crippen LogP contribution in [0.2, 0.25) is 0 Å². The molecule has 0 bridgehead atoms. The molecular formula is C24H29N3O2. The number of nitrogens with one attached hydrogen (secondary N) is 2. The molecule has 29 heavy (non-hydrogen) atoms. The van der Waals surface area contributed by atoms with Gasteiger partial charge in [0.2, 0.25) is 5.91 Å². The molecule has 5 heteroatoms. The van der Waals surface area contributed by atoms with E-state index in [9.17, 15) is 9.59 Å². The number of aryl methyl sites for hydroxylation is 1. The zero-order chi connectivity index (χ0) is 20.4. The van der Waals surface area contributed by atoms with Crippen LogP contribution in [-0.4, -0.2) is 35.8 Å². The fraction of sp³-hybridized carbons (Fsp3) is 0.417. The highest BCUT2D eigenvalue weighted by Gasteiger charge is 2.32. The number of likely N-dealkylation sites (tertiary alicyclic amines) is 1. The first-order valence-electron chi connectivity index (χ1n) is 10.5. The van der Waals surface area contributed by atoms with Crippen molar-refractivity contribution >= 4 is 23.2 Å². The van der Waals surface area contributed by atoms with Gasteiger partial charge in [0.05, 0.1) is 17.2 Å². The molecule has 1 heterocycles. The van der Waals surface area contributed by atoms with Crippen LogP contribution in [-0.2, 0) is 4.79 Å². The fourth-order valence-electron chi connectivity index (χ4n) is 3.90. The Labute approximate surface area is 172 Å². The predicted octanol–water partition coefficient (Wildman–Crippen LogP) is 4.18. The van der Waals surface area contributed by atoms with Gasteiger partial charge in [-0.25, -0.2) is 0 Å². The minimum atomic E-state index is -0.104. The number of hydrogen-bond acceptors (Lipinski definition) is 3. The Morgan fingerprint density at radius 2 is 1.72 bits per heavy atom. The maximum Gasteiger partial charge on any atom is 0.255 e. The summed E-state index contributed by atoms with van der Waals surface area (Å²) in [5, 5.41) is 6.53. The number of amides is 2. The number of carbonyl (C=O) groups excluding carboxylic acids is 2. The number of hydrogen-bond donors (Lipinski definition) is 2. The molecule has 1 saturated carbocycles. The van der Waals surface area contributed by atoms with Crippen molar-refractivity contribution in [2.24, 2.45) is 5.92 Å². The summed E-state index contributed by atoms with van der Waals surface area (Å²) in [5.74, 6) is -0.0124. The van der Waals surface area contributed by atoms with Crippen molar-refractivity contribution in [1.82, 2.24) is 10.2 Å². The molecule has 0 spiro atoms. The van der Waals surface area contributed by atoms with E-state index in [0.717, 1.165) is 37.1 Å². The third-order valence-corrected chi connectivity index (χ3v) is 6.03. The summed E-state index contributed by atoms with van der Waals surface area (Å²) < 4.78 is 0. The first-order chi connectivity index (χ1) is 14.0. The van der Waals surface area contributed by atoms with Gasteiger partial charge in [0.25, 0.3) is 5.91 Å². The van der Waals surface area contributed by atoms with Gasteiger partial charge in [0.15, 0.2) is 0 Å². The summed E-state index contributed by atoms with van der Waals surface area (Å²) >= 11 is 0. The van der Waals surface area contributed by atoms with Gasteiger partial charge in [-0.3, -0.25) is 9.59 Å². The quantitative estimate of drug-likeness (QED) is 0.804. The zero-order valence-electron chi connectivity index (χ0n) is 17.2. The molecule has 2 N–H and O–H groups in total. The number of piperidine rings is 1. The molecule has 2 amide bonds. The molecule has 1 aliphatic carbocycles. The second kappa shape index (κ2) is 8.27. The molecule has 2 aromatic carbocycles. The lowest BCUT2D eigenvalue weighted by Gasteiger charge is -2.32. The summed E-state index contributed by atoms with van der Waals surface area (Å²) in [7, 11) is 0. The minimum absolute atomic E-state index is 0.0117. The maximum atomic E-state index is 13.3. The molecule has 0 aromatic heterocycles. The van der Waals surface area contributed by atoms with Gasteiger partial charge in [-0.15, -0.1) is 0 Å². The molecule has 2 fully saturated rings. The normalized spacial score (nSPS) is 19.0. The van der Waals surface area contributed by atoms with Crippen molar-refractivity contribution in [1.29, 1.82) is 0 Å². The van der Waals surface area contributed by atoms with E-state index >= 15 is 0 Å². The van der Waals surface area contributed by atoms with Crippen molar-refractivity contribution < 1.29 is 9.59 Å². The van der Waals surface area contributed by atoms with Crippen LogP contribution in [0.5, 0.6) is 0 Å². The van der Waals surface area contributed by atoms with E-state index < -0.39 is 0 Å². The van der Waals surface area contributed by atoms with Gasteiger partial charge < -0.3 is 15.5 Å². The van der Waals surface area contributed by atoms with Crippen LogP contribution in [0, 0.1) is 19.8 Å². The van der Waals surface area contributed by atoms with Crippen molar-refractivity contribution in [3.63, 3.8) is 0 Å². The lowest BCUT2D eigenvalue weighted by molar-refractivity contribution is -0.126. The van der Waals surface area contributed by atoms with Gasteiger partial charge in [0, 0.05) is 24.8 Å². The Morgan fingerprint density at radius 1 is 0.966 bits per heavy atom. The van der Waals surface area contributed by atoms with Gasteiger partial charge in [-0.1, -0.05) is 24.3 Å². The van der Waals surface area contributed by atoms with Crippen LogP contribution in [0.25, 0.3) is 0 Å². The molecule has 1 aliphatic heterocycles. The fourth-order valence-corrected chi connectivity index (χ4v) is 3.90. The molecule has 152 valence electrons. The molecule has 2 aliphatic rings. The van der Waals surface area contributed by atoms with Crippen LogP contribution in [0.1, 0.15) is 47.2 Å². The monoisotopic (exact) mass is 391 g/mol. The number of anilines is 2. The lowest BCUT2D eigenvalue weighted by Crippen LogP contribution is -2.46. The molecule has 1 unspecified atom stereocenters. The second-order valence-corrected chi connectivity index (χ2v) is 8.29. The van der Waals surface area contributed by atoms with Crippen LogP contribution in [0.4, 0.5) is 11.4 Å². The van der Waals surface area contributed by atoms with E-state index in [1.165, 1.54) is 11.1 Å². The lowest BCUT2D eigenvalue weighted by atomic mass is 9.96. The van der Waals surface area contributed by atoms with E-state index in [4.69, 9.17) is 0 Å². The maximum absolute atomic E-state index is 13.3. The summed E-state index contributed by atoms with van der Waals surface area (Å²) in [6, 6.07) is 14.1. The van der Waals surface area contributed by atoms with Crippen molar-refractivity contribution in [2.45, 2.75) is 45.6 Å². The summed E-state index contributed by atoms with van der Waals surface area (Å²) in [5.41, 5.74) is 4.84. The first-order valence-corrected chi connectivity index (χ1v) is 10.5. The largest absolute Gasteiger partial charge is 0.355 e. The minimum Gasteiger partial charge on any atom is -0.355 e. The molecule has 4 rings (SSSR count). The Kier molecular flexibility index (Phi) is 5.56. The van der Waals surface area contributed by atoms with Gasteiger partial charge in [-0.05, 0) is 68.9 Å². The standard InChI is InChI=1S/C24H29N3O2/c1-16-7-5-11-21(17(16)2)26-22-10-4-3-9-20(22)24(29)27-14-6-8-18(15-27)23(28)25-19-12-13-19/h3-5,7,9-11,18-19,26H,6,8,12-15H2,1-2H3,(H,25,28). The smallest absolute Gasteiger partial charge is 0.255 e. The topological polar surface area (TPSA) is 61.4 Å². The third-order valence-electron chi connectivity index (χ3n) is 6.03. The van der Waals surface area contributed by atoms with Crippen LogP contribution >= 0.6 is 0 Å². The Balaban J connectivity index is 1.51. The average molecular weight is 392 g/mol. The zero-order valence-corrected chi connectivity index (χ0v) is 17.2. The van der Waals surface area contributed by atoms with Crippen molar-refractivity contribution in [2.75, 3.05) is 18.4 Å². The number of para-hydroxylation sites is 1. The van der Waals surface area contributed by atoms with E-state index in [1.54, 1.807) is 0 Å². The highest BCUT2D eigenvalue weighted by Crippen LogP contribution is 2.28. The highest BCUT2D eigenvalue weighted by atomic mass is 16.2. The van der Waals surface area contributed by atoms with Crippen molar-refractivity contribution in [3.8, 4) is 0 Å². The van der Waals surface area contributed by atoms with E-state index in [1.807, 2.05) is 41.3 Å². The summed E-state index contributed by atoms with van der Waals surface area (Å²) in [6.45, 7) is 5.35. The number of benzene rings is 2. The first kappa shape index (κ1) is 19.5. The molecule has 5 nitrogen and oxygen atoms in total. The van der Waals surface area contributed by atoms with Crippen LogP contribution < -0.4 is 10.6 Å². The van der Waals surface area contributed by atoms with E-state index in [-0.39, 0.29) is 17.7 Å². The molecule has 1 atom stereocenters. The van der Waals surface area contributed by atoms with E-state index in [0.29, 0.717) is 24.7 Å². The Morgan fingerprint density at radius 3 is 2.52 bits per heavy atom. The number of carbonyl (C=O) groups is 2. The van der Waals surface area contributed by atoms with Gasteiger partial charge in [-0.2, -0.15) is 0 Å². The van der Waals surface area contributed by atoms with Crippen LogP contribution in [0.3, 0.4) is 0 Å². The second-order valence-electron chi connectivity index (χ2n) is 8.29. The Hall–Kier alpha value is -2.82. The van der Waals surface area contributed by atoms with Gasteiger partial charge in [0.1, 0.15) is 0 Å². The molecular weight excluding hydrogens is 362 g/mol. The average Bonchev–Trinajstić information content (AvgIpc) is 3.55. The molecule has 2 aromatic rings. The predicted molar refractivity (Wildman–Crippen MR) is 115 cm³/mol.